The van der Waals surface area contributed by atoms with Gasteiger partial charge in [-0.25, -0.2) is 0 Å². The summed E-state index contributed by atoms with van der Waals surface area (Å²) in [6, 6.07) is 17.4. The molecule has 1 aliphatic rings. The van der Waals surface area contributed by atoms with Crippen molar-refractivity contribution >= 4 is 27.5 Å². The number of hydrogen-bond acceptors (Lipinski definition) is 5. The van der Waals surface area contributed by atoms with E-state index in [1.807, 2.05) is 54.6 Å². The van der Waals surface area contributed by atoms with Crippen LogP contribution in [0.2, 0.25) is 5.02 Å². The minimum atomic E-state index is 0.275. The van der Waals surface area contributed by atoms with Crippen LogP contribution in [-0.4, -0.2) is 13.9 Å². The molecule has 0 unspecified atom stereocenters. The Morgan fingerprint density at radius 1 is 0.967 bits per heavy atom. The SMILES string of the molecule is COc1ccc(Br)c(CNCc2ccc3c(c2)OCO3)c1OCc1ccc(Cl)cc1. The van der Waals surface area contributed by atoms with Crippen LogP contribution < -0.4 is 24.3 Å². The molecule has 0 fully saturated rings. The smallest absolute Gasteiger partial charge is 0.231 e. The van der Waals surface area contributed by atoms with Crippen molar-refractivity contribution in [1.82, 2.24) is 5.32 Å². The van der Waals surface area contributed by atoms with E-state index in [9.17, 15) is 0 Å². The van der Waals surface area contributed by atoms with E-state index in [2.05, 4.69) is 21.2 Å². The summed E-state index contributed by atoms with van der Waals surface area (Å²) in [5.74, 6) is 2.96. The average Bonchev–Trinajstić information content (AvgIpc) is 3.23. The van der Waals surface area contributed by atoms with Crippen LogP contribution in [0.3, 0.4) is 0 Å². The van der Waals surface area contributed by atoms with Crippen LogP contribution in [-0.2, 0) is 19.7 Å². The van der Waals surface area contributed by atoms with E-state index < -0.39 is 0 Å². The molecule has 0 saturated carbocycles. The number of hydrogen-bond donors (Lipinski definition) is 1. The van der Waals surface area contributed by atoms with Crippen molar-refractivity contribution in [2.24, 2.45) is 0 Å². The Bertz CT molecular complexity index is 1030. The molecule has 0 atom stereocenters. The summed E-state index contributed by atoms with van der Waals surface area (Å²) in [4.78, 5) is 0. The Labute approximate surface area is 189 Å². The van der Waals surface area contributed by atoms with Crippen molar-refractivity contribution in [3.8, 4) is 23.0 Å². The maximum absolute atomic E-state index is 6.15. The van der Waals surface area contributed by atoms with Crippen LogP contribution in [0.25, 0.3) is 0 Å². The minimum absolute atomic E-state index is 0.275. The quantitative estimate of drug-likeness (QED) is 0.438. The summed E-state index contributed by atoms with van der Waals surface area (Å²) in [5, 5.41) is 4.17. The van der Waals surface area contributed by atoms with Crippen molar-refractivity contribution in [1.29, 1.82) is 0 Å². The fourth-order valence-corrected chi connectivity index (χ4v) is 3.76. The van der Waals surface area contributed by atoms with Crippen LogP contribution >= 0.6 is 27.5 Å². The second-order valence-corrected chi connectivity index (χ2v) is 8.05. The van der Waals surface area contributed by atoms with Gasteiger partial charge in [0.15, 0.2) is 23.0 Å². The third-order valence-corrected chi connectivity index (χ3v) is 5.75. The van der Waals surface area contributed by atoms with Gasteiger partial charge in [0.1, 0.15) is 6.61 Å². The molecule has 156 valence electrons. The van der Waals surface area contributed by atoms with Gasteiger partial charge in [-0.1, -0.05) is 45.7 Å². The minimum Gasteiger partial charge on any atom is -0.493 e. The molecule has 0 bridgehead atoms. The lowest BCUT2D eigenvalue weighted by Gasteiger charge is -2.17. The van der Waals surface area contributed by atoms with Crippen LogP contribution in [0.4, 0.5) is 0 Å². The van der Waals surface area contributed by atoms with Crippen LogP contribution in [0.15, 0.2) is 59.1 Å². The Kier molecular flexibility index (Phi) is 6.67. The van der Waals surface area contributed by atoms with Gasteiger partial charge < -0.3 is 24.3 Å². The molecule has 0 aromatic heterocycles. The molecule has 3 aromatic carbocycles. The highest BCUT2D eigenvalue weighted by Crippen LogP contribution is 2.37. The topological polar surface area (TPSA) is 49.0 Å². The number of nitrogens with one attached hydrogen (secondary N) is 1. The van der Waals surface area contributed by atoms with Crippen LogP contribution in [0, 0.1) is 0 Å². The van der Waals surface area contributed by atoms with Gasteiger partial charge in [-0.05, 0) is 47.5 Å². The number of methoxy groups -OCH3 is 1. The zero-order valence-corrected chi connectivity index (χ0v) is 18.8. The first-order chi connectivity index (χ1) is 14.6. The first kappa shape index (κ1) is 20.8. The lowest BCUT2D eigenvalue weighted by molar-refractivity contribution is 0.174. The molecule has 1 N–H and O–H groups in total. The fraction of sp³-hybridized carbons (Fsp3) is 0.217. The summed E-state index contributed by atoms with van der Waals surface area (Å²) >= 11 is 9.62. The van der Waals surface area contributed by atoms with Crippen molar-refractivity contribution in [2.75, 3.05) is 13.9 Å². The van der Waals surface area contributed by atoms with E-state index in [-0.39, 0.29) is 6.79 Å². The zero-order chi connectivity index (χ0) is 20.9. The molecule has 0 amide bonds. The van der Waals surface area contributed by atoms with Crippen molar-refractivity contribution < 1.29 is 18.9 Å². The highest BCUT2D eigenvalue weighted by molar-refractivity contribution is 9.10. The number of halogens is 2. The predicted molar refractivity (Wildman–Crippen MR) is 120 cm³/mol. The molecule has 0 saturated heterocycles. The number of ether oxygens (including phenoxy) is 4. The van der Waals surface area contributed by atoms with Gasteiger partial charge in [-0.3, -0.25) is 0 Å². The normalized spacial score (nSPS) is 12.1. The fourth-order valence-electron chi connectivity index (χ4n) is 3.18. The average molecular weight is 491 g/mol. The van der Waals surface area contributed by atoms with Crippen molar-refractivity contribution in [3.63, 3.8) is 0 Å². The standard InChI is InChI=1S/C23H21BrClNO4/c1-27-21-9-7-19(24)18(23(21)28-13-15-2-5-17(25)6-3-15)12-26-11-16-4-8-20-22(10-16)30-14-29-20/h2-10,26H,11-14H2,1H3. The van der Waals surface area contributed by atoms with E-state index in [1.165, 1.54) is 0 Å². The summed E-state index contributed by atoms with van der Waals surface area (Å²) in [7, 11) is 1.64. The van der Waals surface area contributed by atoms with Crippen LogP contribution in [0.1, 0.15) is 16.7 Å². The maximum atomic E-state index is 6.15. The number of rotatable bonds is 8. The zero-order valence-electron chi connectivity index (χ0n) is 16.4. The Balaban J connectivity index is 1.46. The maximum Gasteiger partial charge on any atom is 0.231 e. The lowest BCUT2D eigenvalue weighted by atomic mass is 10.1. The van der Waals surface area contributed by atoms with Gasteiger partial charge in [0.25, 0.3) is 0 Å². The molecule has 7 heteroatoms. The Morgan fingerprint density at radius 2 is 1.73 bits per heavy atom. The van der Waals surface area contributed by atoms with Gasteiger partial charge >= 0.3 is 0 Å². The van der Waals surface area contributed by atoms with Gasteiger partial charge in [0.05, 0.1) is 7.11 Å². The lowest BCUT2D eigenvalue weighted by Crippen LogP contribution is -2.14. The molecule has 1 aliphatic heterocycles. The third kappa shape index (κ3) is 4.83. The summed E-state index contributed by atoms with van der Waals surface area (Å²) in [6.45, 7) is 1.97. The van der Waals surface area contributed by atoms with E-state index >= 15 is 0 Å². The number of benzene rings is 3. The molecular formula is C23H21BrClNO4. The molecule has 0 aliphatic carbocycles. The summed E-state index contributed by atoms with van der Waals surface area (Å²) in [5.41, 5.74) is 3.13. The van der Waals surface area contributed by atoms with E-state index in [0.717, 1.165) is 32.7 Å². The molecule has 0 radical (unpaired) electrons. The highest BCUT2D eigenvalue weighted by Gasteiger charge is 2.16. The molecule has 0 spiro atoms. The van der Waals surface area contributed by atoms with E-state index in [4.69, 9.17) is 30.5 Å². The van der Waals surface area contributed by atoms with Crippen molar-refractivity contribution in [2.45, 2.75) is 19.7 Å². The molecule has 5 nitrogen and oxygen atoms in total. The molecule has 30 heavy (non-hydrogen) atoms. The molecule has 3 aromatic rings. The second kappa shape index (κ2) is 9.60. The van der Waals surface area contributed by atoms with Crippen molar-refractivity contribution in [3.05, 3.63) is 80.8 Å². The Hall–Kier alpha value is -2.41. The summed E-state index contributed by atoms with van der Waals surface area (Å²) in [6.07, 6.45) is 0. The molecular weight excluding hydrogens is 470 g/mol. The third-order valence-electron chi connectivity index (χ3n) is 4.75. The van der Waals surface area contributed by atoms with E-state index in [0.29, 0.717) is 36.2 Å². The van der Waals surface area contributed by atoms with Gasteiger partial charge in [-0.2, -0.15) is 0 Å². The largest absolute Gasteiger partial charge is 0.493 e. The van der Waals surface area contributed by atoms with Crippen LogP contribution in [0.5, 0.6) is 23.0 Å². The number of fused-ring (bicyclic) bond motifs is 1. The van der Waals surface area contributed by atoms with Gasteiger partial charge in [0, 0.05) is 28.1 Å². The van der Waals surface area contributed by atoms with Gasteiger partial charge in [-0.15, -0.1) is 0 Å². The highest BCUT2D eigenvalue weighted by atomic mass is 79.9. The first-order valence-corrected chi connectivity index (χ1v) is 10.6. The summed E-state index contributed by atoms with van der Waals surface area (Å²) < 4.78 is 23.5. The van der Waals surface area contributed by atoms with E-state index in [1.54, 1.807) is 7.11 Å². The molecule has 1 heterocycles. The first-order valence-electron chi connectivity index (χ1n) is 9.46. The predicted octanol–water partition coefficient (Wildman–Crippen LogP) is 5.71. The Morgan fingerprint density at radius 3 is 2.53 bits per heavy atom. The monoisotopic (exact) mass is 489 g/mol. The molecule has 4 rings (SSSR count). The van der Waals surface area contributed by atoms with Gasteiger partial charge in [0.2, 0.25) is 6.79 Å². The second-order valence-electron chi connectivity index (χ2n) is 6.76.